The average molecular weight is 176 g/mol. The largest absolute Gasteiger partial charge is 0.350 e. The van der Waals surface area contributed by atoms with E-state index >= 15 is 0 Å². The number of unbranched alkanes of at least 4 members (excludes halogenated alkanes) is 3. The van der Waals surface area contributed by atoms with Crippen molar-refractivity contribution in [3.05, 3.63) is 0 Å². The molecule has 0 saturated carbocycles. The second kappa shape index (κ2) is 8.97. The molecular formula is C9H20O3. The summed E-state index contributed by atoms with van der Waals surface area (Å²) >= 11 is 0. The molecule has 0 aliphatic rings. The Kier molecular flexibility index (Phi) is 8.88. The van der Waals surface area contributed by atoms with Crippen LogP contribution >= 0.6 is 0 Å². The van der Waals surface area contributed by atoms with Crippen LogP contribution < -0.4 is 0 Å². The van der Waals surface area contributed by atoms with E-state index in [1.54, 1.807) is 0 Å². The number of hydrogen-bond donors (Lipinski definition) is 1. The van der Waals surface area contributed by atoms with Gasteiger partial charge in [-0.3, -0.25) is 0 Å². The summed E-state index contributed by atoms with van der Waals surface area (Å²) in [7, 11) is 0. The average Bonchev–Trinajstić information content (AvgIpc) is 2.10. The lowest BCUT2D eigenvalue weighted by atomic mass is 10.1. The van der Waals surface area contributed by atoms with Crippen molar-refractivity contribution >= 4 is 0 Å². The highest BCUT2D eigenvalue weighted by atomic mass is 17.1. The molecule has 1 unspecified atom stereocenters. The van der Waals surface area contributed by atoms with Crippen molar-refractivity contribution < 1.29 is 14.9 Å². The molecule has 0 rings (SSSR count). The van der Waals surface area contributed by atoms with Gasteiger partial charge in [-0.25, -0.2) is 10.1 Å². The van der Waals surface area contributed by atoms with Gasteiger partial charge in [0.05, 0.1) is 0 Å². The Labute approximate surface area is 74.6 Å². The normalized spacial score (nSPS) is 13.2. The Balaban J connectivity index is 3.19. The van der Waals surface area contributed by atoms with Gasteiger partial charge in [-0.15, -0.1) is 0 Å². The van der Waals surface area contributed by atoms with Crippen LogP contribution in [0.15, 0.2) is 0 Å². The Morgan fingerprint density at radius 2 is 1.92 bits per heavy atom. The highest BCUT2D eigenvalue weighted by Gasteiger charge is 2.06. The lowest BCUT2D eigenvalue weighted by Crippen LogP contribution is -2.15. The Hall–Kier alpha value is -0.120. The van der Waals surface area contributed by atoms with Crippen LogP contribution in [0.25, 0.3) is 0 Å². The monoisotopic (exact) mass is 176 g/mol. The van der Waals surface area contributed by atoms with Gasteiger partial charge in [-0.05, 0) is 13.3 Å². The minimum Gasteiger partial charge on any atom is -0.350 e. The Bertz CT molecular complexity index is 85.8. The summed E-state index contributed by atoms with van der Waals surface area (Å²) in [5.74, 6) is 0. The summed E-state index contributed by atoms with van der Waals surface area (Å²) in [6, 6.07) is 0. The first kappa shape index (κ1) is 11.9. The van der Waals surface area contributed by atoms with Gasteiger partial charge in [0.2, 0.25) is 0 Å². The molecule has 0 radical (unpaired) electrons. The zero-order chi connectivity index (χ0) is 9.23. The third-order valence-corrected chi connectivity index (χ3v) is 1.76. The van der Waals surface area contributed by atoms with Gasteiger partial charge in [0.25, 0.3) is 0 Å². The first-order chi connectivity index (χ1) is 5.85. The van der Waals surface area contributed by atoms with Gasteiger partial charge in [0.1, 0.15) is 0 Å². The van der Waals surface area contributed by atoms with Crippen LogP contribution in [-0.4, -0.2) is 18.2 Å². The van der Waals surface area contributed by atoms with Gasteiger partial charge >= 0.3 is 0 Å². The first-order valence-electron chi connectivity index (χ1n) is 4.77. The van der Waals surface area contributed by atoms with Crippen LogP contribution in [-0.2, 0) is 9.62 Å². The van der Waals surface area contributed by atoms with Gasteiger partial charge < -0.3 is 4.74 Å². The molecule has 0 aromatic rings. The summed E-state index contributed by atoms with van der Waals surface area (Å²) in [6.07, 6.45) is 5.06. The SMILES string of the molecule is CCCCCCC(OO)OCC. The van der Waals surface area contributed by atoms with E-state index in [0.29, 0.717) is 6.61 Å². The Morgan fingerprint density at radius 3 is 2.42 bits per heavy atom. The lowest BCUT2D eigenvalue weighted by Gasteiger charge is -2.12. The zero-order valence-corrected chi connectivity index (χ0v) is 8.08. The van der Waals surface area contributed by atoms with Crippen LogP contribution in [0.2, 0.25) is 0 Å². The smallest absolute Gasteiger partial charge is 0.190 e. The highest BCUT2D eigenvalue weighted by molar-refractivity contribution is 4.45. The second-order valence-electron chi connectivity index (χ2n) is 2.84. The molecule has 0 bridgehead atoms. The maximum Gasteiger partial charge on any atom is 0.190 e. The van der Waals surface area contributed by atoms with Crippen molar-refractivity contribution in [1.29, 1.82) is 0 Å². The topological polar surface area (TPSA) is 38.7 Å². The van der Waals surface area contributed by atoms with Crippen LogP contribution in [0, 0.1) is 0 Å². The second-order valence-corrected chi connectivity index (χ2v) is 2.84. The van der Waals surface area contributed by atoms with E-state index in [1.807, 2.05) is 6.92 Å². The number of hydrogen-bond acceptors (Lipinski definition) is 3. The van der Waals surface area contributed by atoms with Crippen molar-refractivity contribution in [3.63, 3.8) is 0 Å². The van der Waals surface area contributed by atoms with E-state index in [0.717, 1.165) is 12.8 Å². The Morgan fingerprint density at radius 1 is 1.17 bits per heavy atom. The first-order valence-corrected chi connectivity index (χ1v) is 4.77. The van der Waals surface area contributed by atoms with Gasteiger partial charge in [-0.1, -0.05) is 26.2 Å². The third kappa shape index (κ3) is 6.58. The highest BCUT2D eigenvalue weighted by Crippen LogP contribution is 2.08. The minimum absolute atomic E-state index is 0.424. The summed E-state index contributed by atoms with van der Waals surface area (Å²) < 4.78 is 5.10. The van der Waals surface area contributed by atoms with Crippen LogP contribution in [0.1, 0.15) is 46.0 Å². The molecule has 0 spiro atoms. The standard InChI is InChI=1S/C9H20O3/c1-3-5-6-7-8-9(12-10)11-4-2/h9-10H,3-8H2,1-2H3. The number of ether oxygens (including phenoxy) is 1. The number of rotatable bonds is 8. The van der Waals surface area contributed by atoms with E-state index in [2.05, 4.69) is 11.8 Å². The van der Waals surface area contributed by atoms with Crippen molar-refractivity contribution in [3.8, 4) is 0 Å². The molecular weight excluding hydrogens is 156 g/mol. The van der Waals surface area contributed by atoms with Crippen molar-refractivity contribution in [2.45, 2.75) is 52.2 Å². The maximum atomic E-state index is 8.39. The molecule has 0 aromatic carbocycles. The van der Waals surface area contributed by atoms with E-state index in [4.69, 9.17) is 9.99 Å². The minimum atomic E-state index is -0.424. The molecule has 0 amide bonds. The zero-order valence-electron chi connectivity index (χ0n) is 8.08. The van der Waals surface area contributed by atoms with E-state index < -0.39 is 6.29 Å². The van der Waals surface area contributed by atoms with Gasteiger partial charge in [0, 0.05) is 13.0 Å². The predicted octanol–water partition coefficient (Wildman–Crippen LogP) is 2.81. The molecule has 0 aliphatic carbocycles. The summed E-state index contributed by atoms with van der Waals surface area (Å²) in [5.41, 5.74) is 0. The fourth-order valence-corrected chi connectivity index (χ4v) is 1.09. The lowest BCUT2D eigenvalue weighted by molar-refractivity contribution is -0.346. The van der Waals surface area contributed by atoms with Crippen LogP contribution in [0.5, 0.6) is 0 Å². The summed E-state index contributed by atoms with van der Waals surface area (Å²) in [4.78, 5) is 4.15. The molecule has 3 heteroatoms. The molecule has 0 heterocycles. The van der Waals surface area contributed by atoms with E-state index in [-0.39, 0.29) is 0 Å². The van der Waals surface area contributed by atoms with E-state index in [1.165, 1.54) is 19.3 Å². The van der Waals surface area contributed by atoms with Crippen molar-refractivity contribution in [2.75, 3.05) is 6.61 Å². The van der Waals surface area contributed by atoms with Gasteiger partial charge in [0.15, 0.2) is 6.29 Å². The summed E-state index contributed by atoms with van der Waals surface area (Å²) in [5, 5.41) is 8.39. The summed E-state index contributed by atoms with van der Waals surface area (Å²) in [6.45, 7) is 4.64. The molecule has 0 saturated heterocycles. The van der Waals surface area contributed by atoms with Crippen molar-refractivity contribution in [2.24, 2.45) is 0 Å². The molecule has 0 fully saturated rings. The quantitative estimate of drug-likeness (QED) is 0.267. The van der Waals surface area contributed by atoms with E-state index in [9.17, 15) is 0 Å². The van der Waals surface area contributed by atoms with Gasteiger partial charge in [-0.2, -0.15) is 0 Å². The molecule has 1 atom stereocenters. The van der Waals surface area contributed by atoms with Crippen LogP contribution in [0.4, 0.5) is 0 Å². The molecule has 3 nitrogen and oxygen atoms in total. The molecule has 74 valence electrons. The molecule has 1 N–H and O–H groups in total. The van der Waals surface area contributed by atoms with Crippen LogP contribution in [0.3, 0.4) is 0 Å². The molecule has 0 aliphatic heterocycles. The predicted molar refractivity (Wildman–Crippen MR) is 47.9 cm³/mol. The maximum absolute atomic E-state index is 8.39. The fraction of sp³-hybridized carbons (Fsp3) is 1.00. The molecule has 0 aromatic heterocycles. The fourth-order valence-electron chi connectivity index (χ4n) is 1.09. The van der Waals surface area contributed by atoms with Crippen molar-refractivity contribution in [1.82, 2.24) is 0 Å². The molecule has 12 heavy (non-hydrogen) atoms. The third-order valence-electron chi connectivity index (χ3n) is 1.76.